The Balaban J connectivity index is 0.000000887. The fourth-order valence-corrected chi connectivity index (χ4v) is 2.47. The van der Waals surface area contributed by atoms with Crippen LogP contribution in [0.5, 0.6) is 0 Å². The van der Waals surface area contributed by atoms with Gasteiger partial charge in [0.25, 0.3) is 0 Å². The molecule has 0 saturated carbocycles. The highest BCUT2D eigenvalue weighted by Crippen LogP contribution is 2.06. The predicted molar refractivity (Wildman–Crippen MR) is 116 cm³/mol. The molecule has 0 saturated heterocycles. The Bertz CT molecular complexity index is 616. The number of nitrogens with two attached hydrogens (primary N) is 1. The lowest BCUT2D eigenvalue weighted by Gasteiger charge is -2.15. The lowest BCUT2D eigenvalue weighted by Crippen LogP contribution is -2.39. The summed E-state index contributed by atoms with van der Waals surface area (Å²) in [4.78, 5) is 22.7. The summed E-state index contributed by atoms with van der Waals surface area (Å²) in [6.45, 7) is 13.7. The van der Waals surface area contributed by atoms with Gasteiger partial charge >= 0.3 is 5.97 Å². The standard InChI is InChI=1S/C17H19NO3.C6H15N/c1-3-8-14(4-2)12-21-17(20)16(18-13-19)11-15-9-6-5-7-10-15;1-5(2)4-6(3)7/h3-10,13,16H,1-2,11-12H2,(H,18,19);5-6H,4,7H2,1-3H3/b14-8+;/t16-;/m0./s1. The van der Waals surface area contributed by atoms with Crippen LogP contribution in [-0.2, 0) is 20.7 Å². The van der Waals surface area contributed by atoms with E-state index in [9.17, 15) is 9.59 Å². The SMILES string of the molecule is C=C/C=C(\C=C)COC(=O)[C@H](Cc1ccccc1)NC=O.CC(C)CC(C)N. The van der Waals surface area contributed by atoms with Crippen LogP contribution in [0.15, 0.2) is 67.3 Å². The van der Waals surface area contributed by atoms with E-state index in [-0.39, 0.29) is 6.61 Å². The first-order valence-electron chi connectivity index (χ1n) is 9.43. The van der Waals surface area contributed by atoms with E-state index >= 15 is 0 Å². The van der Waals surface area contributed by atoms with E-state index in [0.29, 0.717) is 18.9 Å². The first-order chi connectivity index (χ1) is 13.3. The van der Waals surface area contributed by atoms with Crippen molar-refractivity contribution in [3.63, 3.8) is 0 Å². The number of amides is 1. The topological polar surface area (TPSA) is 81.4 Å². The molecule has 3 N–H and O–H groups in total. The Morgan fingerprint density at radius 1 is 1.21 bits per heavy atom. The number of hydrogen-bond donors (Lipinski definition) is 2. The Hall–Kier alpha value is -2.66. The van der Waals surface area contributed by atoms with Crippen molar-refractivity contribution in [1.29, 1.82) is 0 Å². The maximum Gasteiger partial charge on any atom is 0.329 e. The van der Waals surface area contributed by atoms with Gasteiger partial charge in [0.2, 0.25) is 6.41 Å². The maximum atomic E-state index is 12.0. The number of hydrogen-bond acceptors (Lipinski definition) is 4. The van der Waals surface area contributed by atoms with Gasteiger partial charge in [-0.3, -0.25) is 4.79 Å². The first-order valence-corrected chi connectivity index (χ1v) is 9.43. The van der Waals surface area contributed by atoms with E-state index in [0.717, 1.165) is 23.5 Å². The van der Waals surface area contributed by atoms with E-state index < -0.39 is 12.0 Å². The highest BCUT2D eigenvalue weighted by atomic mass is 16.5. The molecule has 0 aliphatic heterocycles. The third-order valence-electron chi connectivity index (χ3n) is 3.65. The number of esters is 1. The summed E-state index contributed by atoms with van der Waals surface area (Å²) in [5.41, 5.74) is 7.18. The number of carbonyl (C=O) groups excluding carboxylic acids is 2. The van der Waals surface area contributed by atoms with Crippen LogP contribution in [0.1, 0.15) is 32.8 Å². The fraction of sp³-hybridized carbons (Fsp3) is 0.391. The van der Waals surface area contributed by atoms with Gasteiger partial charge in [0.15, 0.2) is 0 Å². The lowest BCUT2D eigenvalue weighted by atomic mass is 10.1. The molecule has 154 valence electrons. The van der Waals surface area contributed by atoms with Crippen LogP contribution in [0.2, 0.25) is 0 Å². The second-order valence-corrected chi connectivity index (χ2v) is 6.92. The van der Waals surface area contributed by atoms with Crippen molar-refractivity contribution in [2.45, 2.75) is 45.7 Å². The van der Waals surface area contributed by atoms with Crippen LogP contribution in [0, 0.1) is 5.92 Å². The third-order valence-corrected chi connectivity index (χ3v) is 3.65. The largest absolute Gasteiger partial charge is 0.459 e. The van der Waals surface area contributed by atoms with E-state index in [1.54, 1.807) is 18.2 Å². The van der Waals surface area contributed by atoms with Crippen LogP contribution in [-0.4, -0.2) is 31.1 Å². The summed E-state index contributed by atoms with van der Waals surface area (Å²) < 4.78 is 5.19. The second-order valence-electron chi connectivity index (χ2n) is 6.92. The molecule has 1 unspecified atom stereocenters. The van der Waals surface area contributed by atoms with Gasteiger partial charge in [-0.05, 0) is 30.4 Å². The molecule has 1 aromatic rings. The zero-order valence-electron chi connectivity index (χ0n) is 17.3. The van der Waals surface area contributed by atoms with Gasteiger partial charge in [0.05, 0.1) is 0 Å². The Kier molecular flexibility index (Phi) is 13.9. The quantitative estimate of drug-likeness (QED) is 0.346. The number of allylic oxidation sites excluding steroid dienone is 2. The number of rotatable bonds is 11. The van der Waals surface area contributed by atoms with Gasteiger partial charge in [-0.2, -0.15) is 0 Å². The van der Waals surface area contributed by atoms with Gasteiger partial charge in [-0.1, -0.05) is 75.6 Å². The van der Waals surface area contributed by atoms with Gasteiger partial charge in [0.1, 0.15) is 12.6 Å². The summed E-state index contributed by atoms with van der Waals surface area (Å²) in [7, 11) is 0. The molecular weight excluding hydrogens is 352 g/mol. The van der Waals surface area contributed by atoms with Gasteiger partial charge in [-0.25, -0.2) is 4.79 Å². The Labute approximate surface area is 169 Å². The highest BCUT2D eigenvalue weighted by molar-refractivity contribution is 5.78. The van der Waals surface area contributed by atoms with Crippen LogP contribution in [0.3, 0.4) is 0 Å². The molecule has 5 nitrogen and oxygen atoms in total. The molecule has 1 rings (SSSR count). The summed E-state index contributed by atoms with van der Waals surface area (Å²) in [6, 6.07) is 9.09. The van der Waals surface area contributed by atoms with Crippen molar-refractivity contribution in [2.24, 2.45) is 11.7 Å². The molecule has 0 aliphatic carbocycles. The molecule has 0 heterocycles. The normalized spacial score (nSPS) is 12.8. The number of benzene rings is 1. The molecule has 1 aromatic carbocycles. The van der Waals surface area contributed by atoms with Crippen molar-refractivity contribution in [3.8, 4) is 0 Å². The molecular formula is C23H34N2O3. The minimum Gasteiger partial charge on any atom is -0.459 e. The van der Waals surface area contributed by atoms with E-state index in [1.165, 1.54) is 0 Å². The minimum absolute atomic E-state index is 0.0974. The zero-order valence-corrected chi connectivity index (χ0v) is 17.3. The number of ether oxygens (including phenoxy) is 1. The lowest BCUT2D eigenvalue weighted by molar-refractivity contribution is -0.145. The van der Waals surface area contributed by atoms with Gasteiger partial charge in [0, 0.05) is 12.5 Å². The summed E-state index contributed by atoms with van der Waals surface area (Å²) in [5, 5.41) is 2.48. The molecule has 0 bridgehead atoms. The van der Waals surface area contributed by atoms with Crippen LogP contribution < -0.4 is 11.1 Å². The minimum atomic E-state index is -0.709. The van der Waals surface area contributed by atoms with Crippen molar-refractivity contribution >= 4 is 12.4 Å². The van der Waals surface area contributed by atoms with Crippen LogP contribution in [0.25, 0.3) is 0 Å². The van der Waals surface area contributed by atoms with Crippen molar-refractivity contribution in [1.82, 2.24) is 5.32 Å². The van der Waals surface area contributed by atoms with Crippen LogP contribution in [0.4, 0.5) is 0 Å². The smallest absolute Gasteiger partial charge is 0.329 e. The molecule has 0 fully saturated rings. The van der Waals surface area contributed by atoms with E-state index in [1.807, 2.05) is 37.3 Å². The second kappa shape index (κ2) is 15.4. The highest BCUT2D eigenvalue weighted by Gasteiger charge is 2.19. The Morgan fingerprint density at radius 3 is 2.29 bits per heavy atom. The third kappa shape index (κ3) is 12.7. The van der Waals surface area contributed by atoms with Crippen molar-refractivity contribution < 1.29 is 14.3 Å². The van der Waals surface area contributed by atoms with Crippen molar-refractivity contribution in [2.75, 3.05) is 6.61 Å². The van der Waals surface area contributed by atoms with Crippen LogP contribution >= 0.6 is 0 Å². The molecule has 0 radical (unpaired) electrons. The zero-order chi connectivity index (χ0) is 21.4. The predicted octanol–water partition coefficient (Wildman–Crippen LogP) is 3.57. The molecule has 0 spiro atoms. The summed E-state index contributed by atoms with van der Waals surface area (Å²) >= 11 is 0. The molecule has 0 aromatic heterocycles. The van der Waals surface area contributed by atoms with Crippen molar-refractivity contribution in [3.05, 3.63) is 72.9 Å². The summed E-state index contributed by atoms with van der Waals surface area (Å²) in [6.07, 6.45) is 6.92. The molecule has 0 aliphatic rings. The molecule has 2 atom stereocenters. The fourth-order valence-electron chi connectivity index (χ4n) is 2.47. The first kappa shape index (κ1) is 25.3. The average molecular weight is 387 g/mol. The number of carbonyl (C=O) groups is 2. The van der Waals surface area contributed by atoms with Gasteiger partial charge in [-0.15, -0.1) is 0 Å². The summed E-state index contributed by atoms with van der Waals surface area (Å²) in [5.74, 6) is 0.266. The monoisotopic (exact) mass is 386 g/mol. The average Bonchev–Trinajstić information content (AvgIpc) is 2.64. The van der Waals surface area contributed by atoms with E-state index in [4.69, 9.17) is 10.5 Å². The molecule has 1 amide bonds. The molecule has 5 heteroatoms. The van der Waals surface area contributed by atoms with Gasteiger partial charge < -0.3 is 15.8 Å². The Morgan fingerprint density at radius 2 is 1.86 bits per heavy atom. The number of nitrogens with one attached hydrogen (secondary N) is 1. The maximum absolute atomic E-state index is 12.0. The molecule has 28 heavy (non-hydrogen) atoms. The van der Waals surface area contributed by atoms with E-state index in [2.05, 4.69) is 32.3 Å².